The summed E-state index contributed by atoms with van der Waals surface area (Å²) >= 11 is 2.54. The molecular weight excluding hydrogens is 830 g/mol. The van der Waals surface area contributed by atoms with Crippen molar-refractivity contribution in [2.24, 2.45) is 21.5 Å². The first kappa shape index (κ1) is 51.0. The predicted octanol–water partition coefficient (Wildman–Crippen LogP) is 8.86. The molecule has 0 saturated heterocycles. The van der Waals surface area contributed by atoms with Crippen LogP contribution in [0.3, 0.4) is 0 Å². The van der Waals surface area contributed by atoms with Gasteiger partial charge in [0.15, 0.2) is 0 Å². The molecule has 328 valence electrons. The molecule has 0 unspecified atom stereocenters. The van der Waals surface area contributed by atoms with E-state index in [1.165, 1.54) is 42.0 Å². The molecule has 20 heteroatoms. The highest BCUT2D eigenvalue weighted by atomic mass is 32.2. The largest absolute Gasteiger partial charge is 0.390 e. The molecule has 0 spiro atoms. The van der Waals surface area contributed by atoms with Crippen LogP contribution in [0.25, 0.3) is 0 Å². The number of aromatic nitrogens is 2. The van der Waals surface area contributed by atoms with Gasteiger partial charge in [0, 0.05) is 61.9 Å². The van der Waals surface area contributed by atoms with Crippen LogP contribution in [-0.2, 0) is 21.4 Å². The number of Topliss-reactive ketones (excluding diaryl/α,β-unsaturated/α-hetero) is 1. The Hall–Kier alpha value is -5.11. The van der Waals surface area contributed by atoms with E-state index in [2.05, 4.69) is 35.9 Å². The van der Waals surface area contributed by atoms with E-state index in [0.29, 0.717) is 53.0 Å². The van der Waals surface area contributed by atoms with Crippen LogP contribution in [0.5, 0.6) is 0 Å². The van der Waals surface area contributed by atoms with Crippen molar-refractivity contribution in [3.63, 3.8) is 0 Å². The maximum Gasteiger partial charge on any atom is 0.275 e. The maximum atomic E-state index is 14.6. The fraction of sp³-hybridized carbons (Fsp3) is 0.450. The van der Waals surface area contributed by atoms with Gasteiger partial charge < -0.3 is 32.2 Å². The third-order valence-electron chi connectivity index (χ3n) is 8.10. The predicted molar refractivity (Wildman–Crippen MR) is 230 cm³/mol. The van der Waals surface area contributed by atoms with Gasteiger partial charge in [-0.1, -0.05) is 13.8 Å². The molecule has 1 heterocycles. The summed E-state index contributed by atoms with van der Waals surface area (Å²) in [6.07, 6.45) is 4.41. The smallest absolute Gasteiger partial charge is 0.275 e. The number of carbonyl (C=O) groups is 4. The highest BCUT2D eigenvalue weighted by Crippen LogP contribution is 2.41. The number of nitrogens with one attached hydrogen (secondary N) is 3. The van der Waals surface area contributed by atoms with Crippen LogP contribution in [0.4, 0.5) is 39.0 Å². The summed E-state index contributed by atoms with van der Waals surface area (Å²) in [7, 11) is 0. The van der Waals surface area contributed by atoms with Crippen LogP contribution in [-0.4, -0.2) is 70.5 Å². The number of amidine groups is 1. The summed E-state index contributed by atoms with van der Waals surface area (Å²) in [5, 5.41) is 7.81. The van der Waals surface area contributed by atoms with Gasteiger partial charge in [0.05, 0.1) is 28.3 Å². The second-order valence-electron chi connectivity index (χ2n) is 13.3. The number of anilines is 3. The Kier molecular flexibility index (Phi) is 21.1. The topological polar surface area (TPSA) is 207 Å². The number of alkyl halides is 4. The highest BCUT2D eigenvalue weighted by molar-refractivity contribution is 7.99. The second kappa shape index (κ2) is 24.8. The molecule has 0 fully saturated rings. The lowest BCUT2D eigenvalue weighted by Crippen LogP contribution is -2.20. The van der Waals surface area contributed by atoms with Crippen molar-refractivity contribution in [1.82, 2.24) is 9.97 Å². The number of benzene rings is 2. The molecule has 3 rings (SSSR count). The van der Waals surface area contributed by atoms with Crippen molar-refractivity contribution >= 4 is 76.5 Å². The van der Waals surface area contributed by atoms with Gasteiger partial charge >= 0.3 is 0 Å². The standard InChI is InChI=1S/C33H38F5N7O3S2.C7H14N2O/c1-6-49-27-18(3)12-19(32(4,35)36)13-21(27)44-29(47)24-16-25(42-17-41-24)30(48)45-23-15-20(33(5,37)38)14-22(28(23)50-7-2)43-26(46)10-8-9-11-40-31(34)39;1-7(10)4-2-3-5-9-6-8/h12-17H,6-11H2,1-5H3,(H2,39,40)(H,43,46)(H,44,47)(H,45,48);6H,2-5H2,1H3,(H2,8,9). The van der Waals surface area contributed by atoms with E-state index in [1.807, 2.05) is 6.92 Å². The van der Waals surface area contributed by atoms with Gasteiger partial charge in [0.2, 0.25) is 5.91 Å². The average molecular weight is 882 g/mol. The van der Waals surface area contributed by atoms with Crippen LogP contribution < -0.4 is 27.4 Å². The molecule has 3 aromatic rings. The number of halogens is 5. The summed E-state index contributed by atoms with van der Waals surface area (Å²) in [5.41, 5.74) is 9.24. The van der Waals surface area contributed by atoms with Gasteiger partial charge in [-0.2, -0.15) is 4.39 Å². The Morgan fingerprint density at radius 1 is 0.750 bits per heavy atom. The van der Waals surface area contributed by atoms with E-state index in [0.717, 1.165) is 50.8 Å². The lowest BCUT2D eigenvalue weighted by atomic mass is 10.1. The monoisotopic (exact) mass is 881 g/mol. The minimum atomic E-state index is -3.36. The molecular formula is C40H52F5N9O4S2. The first-order chi connectivity index (χ1) is 28.2. The van der Waals surface area contributed by atoms with Crippen molar-refractivity contribution in [2.45, 2.75) is 102 Å². The van der Waals surface area contributed by atoms with Gasteiger partial charge in [-0.05, 0) is 80.9 Å². The maximum absolute atomic E-state index is 14.6. The molecule has 3 amide bonds. The summed E-state index contributed by atoms with van der Waals surface area (Å²) in [6, 6.07) is 5.84. The number of aryl methyl sites for hydroxylation is 1. The van der Waals surface area contributed by atoms with Crippen LogP contribution >= 0.6 is 23.5 Å². The lowest BCUT2D eigenvalue weighted by Gasteiger charge is -2.20. The highest BCUT2D eigenvalue weighted by Gasteiger charge is 2.29. The summed E-state index contributed by atoms with van der Waals surface area (Å²) in [5.74, 6) is -7.39. The number of unbranched alkanes of at least 4 members (excludes halogenated alkanes) is 2. The average Bonchev–Trinajstić information content (AvgIpc) is 3.16. The molecule has 7 N–H and O–H groups in total. The van der Waals surface area contributed by atoms with Crippen molar-refractivity contribution in [3.05, 3.63) is 64.7 Å². The van der Waals surface area contributed by atoms with E-state index in [4.69, 9.17) is 11.5 Å². The molecule has 13 nitrogen and oxygen atoms in total. The van der Waals surface area contributed by atoms with Crippen LogP contribution in [0.2, 0.25) is 0 Å². The first-order valence-electron chi connectivity index (χ1n) is 19.0. The number of ketones is 1. The fourth-order valence-corrected chi connectivity index (χ4v) is 6.91. The molecule has 0 aliphatic heterocycles. The van der Waals surface area contributed by atoms with Crippen LogP contribution in [0.1, 0.15) is 111 Å². The van der Waals surface area contributed by atoms with Crippen molar-refractivity contribution in [1.29, 1.82) is 0 Å². The SMILES string of the molecule is CC(=O)CCCCN=CN.CCSc1c(C)cc(C(C)(F)F)cc1NC(=O)c1cc(C(=O)Nc2cc(C(C)(F)F)cc(NC(=O)CCCCN=C(N)F)c2SCC)ncn1. The zero-order valence-corrected chi connectivity index (χ0v) is 36.0. The molecule has 60 heavy (non-hydrogen) atoms. The second-order valence-corrected chi connectivity index (χ2v) is 15.9. The third-order valence-corrected chi connectivity index (χ3v) is 10.2. The number of thioether (sulfide) groups is 2. The summed E-state index contributed by atoms with van der Waals surface area (Å²) in [6.45, 7) is 9.16. The quantitative estimate of drug-likeness (QED) is 0.0172. The van der Waals surface area contributed by atoms with Crippen molar-refractivity contribution < 1.29 is 41.1 Å². The number of nitrogens with two attached hydrogens (primary N) is 2. The number of nitrogens with zero attached hydrogens (tertiary/aromatic N) is 4. The van der Waals surface area contributed by atoms with Gasteiger partial charge in [-0.3, -0.25) is 19.4 Å². The number of amides is 3. The third kappa shape index (κ3) is 17.6. The van der Waals surface area contributed by atoms with Gasteiger partial charge in [-0.25, -0.2) is 32.5 Å². The molecule has 0 saturated carbocycles. The van der Waals surface area contributed by atoms with Crippen LogP contribution in [0.15, 0.2) is 56.4 Å². The zero-order chi connectivity index (χ0) is 45.0. The normalized spacial score (nSPS) is 11.8. The lowest BCUT2D eigenvalue weighted by molar-refractivity contribution is -0.117. The van der Waals surface area contributed by atoms with Crippen molar-refractivity contribution in [2.75, 3.05) is 40.5 Å². The first-order valence-corrected chi connectivity index (χ1v) is 20.9. The van der Waals surface area contributed by atoms with E-state index < -0.39 is 41.2 Å². The Balaban J connectivity index is 0.00000109. The molecule has 0 bridgehead atoms. The number of carbonyl (C=O) groups excluding carboxylic acids is 4. The Morgan fingerprint density at radius 3 is 1.73 bits per heavy atom. The molecule has 2 aromatic carbocycles. The zero-order valence-electron chi connectivity index (χ0n) is 34.4. The molecule has 1 aromatic heterocycles. The number of hydrogen-bond acceptors (Lipinski definition) is 10. The number of rotatable bonds is 21. The molecule has 0 radical (unpaired) electrons. The van der Waals surface area contributed by atoms with Crippen molar-refractivity contribution in [3.8, 4) is 0 Å². The molecule has 0 atom stereocenters. The Morgan fingerprint density at radius 2 is 1.23 bits per heavy atom. The van der Waals surface area contributed by atoms with E-state index in [1.54, 1.807) is 20.8 Å². The fourth-order valence-electron chi connectivity index (χ4n) is 5.25. The van der Waals surface area contributed by atoms with Gasteiger partial charge in [0.25, 0.3) is 29.7 Å². The summed E-state index contributed by atoms with van der Waals surface area (Å²) < 4.78 is 70.2. The summed E-state index contributed by atoms with van der Waals surface area (Å²) in [4.78, 5) is 65.9. The van der Waals surface area contributed by atoms with Crippen LogP contribution in [0, 0.1) is 6.92 Å². The van der Waals surface area contributed by atoms with E-state index >= 15 is 0 Å². The minimum Gasteiger partial charge on any atom is -0.390 e. The van der Waals surface area contributed by atoms with E-state index in [-0.39, 0.29) is 52.8 Å². The Labute approximate surface area is 355 Å². The molecule has 0 aliphatic rings. The Bertz CT molecular complexity index is 2000. The number of aliphatic imine (C=N–C) groups is 2. The van der Waals surface area contributed by atoms with Gasteiger partial charge in [0.1, 0.15) is 23.5 Å². The molecule has 0 aliphatic carbocycles. The number of hydrogen-bond donors (Lipinski definition) is 5. The van der Waals surface area contributed by atoms with Gasteiger partial charge in [-0.15, -0.1) is 23.5 Å². The van der Waals surface area contributed by atoms with E-state index in [9.17, 15) is 41.1 Å². The minimum absolute atomic E-state index is 0.0124.